The fraction of sp³-hybridized carbons (Fsp3) is 0.606. The molecule has 1 N–H and O–H groups in total. The lowest BCUT2D eigenvalue weighted by Gasteiger charge is -2.42. The van der Waals surface area contributed by atoms with Gasteiger partial charge in [-0.25, -0.2) is 0 Å². The summed E-state index contributed by atoms with van der Waals surface area (Å²) < 4.78 is 12.8. The minimum atomic E-state index is -1.34. The molecule has 5 aliphatic rings. The lowest BCUT2D eigenvalue weighted by atomic mass is 9.73. The maximum Gasteiger partial charge on any atom is 0.313 e. The van der Waals surface area contributed by atoms with Gasteiger partial charge < -0.3 is 24.4 Å². The molecule has 2 amide bonds. The second-order valence-corrected chi connectivity index (χ2v) is 12.3. The number of hydrogen-bond acceptors (Lipinski definition) is 6. The Morgan fingerprint density at radius 3 is 2.49 bits per heavy atom. The van der Waals surface area contributed by atoms with Crippen LogP contribution in [0.4, 0.5) is 0 Å². The monoisotopic (exact) mass is 562 g/mol. The van der Waals surface area contributed by atoms with Crippen molar-refractivity contribution in [3.05, 3.63) is 60.2 Å². The fourth-order valence-corrected chi connectivity index (χ4v) is 8.08. The Labute approximate surface area is 242 Å². The van der Waals surface area contributed by atoms with Gasteiger partial charge in [0, 0.05) is 12.6 Å². The van der Waals surface area contributed by atoms with E-state index in [0.29, 0.717) is 25.8 Å². The van der Waals surface area contributed by atoms with Crippen molar-refractivity contribution < 1.29 is 29.0 Å². The van der Waals surface area contributed by atoms with E-state index in [0.717, 1.165) is 44.1 Å². The third-order valence-electron chi connectivity index (χ3n) is 10.0. The summed E-state index contributed by atoms with van der Waals surface area (Å²) in [4.78, 5) is 46.8. The SMILES string of the molecule is CC[C@]12/C=C\CCCOC(=O)[C@H]1[C@H]1C(=O)N([C@@H](CO)Cc3ccccc3)C3C(=O)N(C4CCCCC4)CC=C[C@@]31O2. The van der Waals surface area contributed by atoms with E-state index in [2.05, 4.69) is 0 Å². The maximum atomic E-state index is 14.8. The second kappa shape index (κ2) is 11.4. The number of carbonyl (C=O) groups excluding carboxylic acids is 3. The molecule has 1 spiro atoms. The Balaban J connectivity index is 1.48. The summed E-state index contributed by atoms with van der Waals surface area (Å²) in [6.07, 6.45) is 15.3. The molecular formula is C33H42N2O6. The zero-order chi connectivity index (χ0) is 28.6. The average Bonchev–Trinajstić information content (AvgIpc) is 3.38. The molecule has 0 aromatic heterocycles. The molecule has 1 aliphatic carbocycles. The van der Waals surface area contributed by atoms with Gasteiger partial charge in [0.2, 0.25) is 11.8 Å². The zero-order valence-electron chi connectivity index (χ0n) is 24.0. The number of ether oxygens (including phenoxy) is 2. The van der Waals surface area contributed by atoms with Gasteiger partial charge in [-0.1, -0.05) is 80.8 Å². The maximum absolute atomic E-state index is 14.8. The van der Waals surface area contributed by atoms with Gasteiger partial charge in [-0.2, -0.15) is 0 Å². The molecule has 1 aromatic carbocycles. The molecule has 6 rings (SSSR count). The Kier molecular flexibility index (Phi) is 7.81. The molecule has 2 saturated heterocycles. The van der Waals surface area contributed by atoms with Gasteiger partial charge in [0.15, 0.2) is 0 Å². The number of nitrogens with zero attached hydrogens (tertiary/aromatic N) is 2. The van der Waals surface area contributed by atoms with E-state index in [1.807, 2.05) is 66.5 Å². The topological polar surface area (TPSA) is 96.4 Å². The molecule has 3 fully saturated rings. The number of benzene rings is 1. The first-order valence-electron chi connectivity index (χ1n) is 15.5. The molecule has 1 saturated carbocycles. The van der Waals surface area contributed by atoms with E-state index in [1.54, 1.807) is 4.90 Å². The average molecular weight is 563 g/mol. The van der Waals surface area contributed by atoms with Crippen LogP contribution in [0.2, 0.25) is 0 Å². The first-order chi connectivity index (χ1) is 20.0. The van der Waals surface area contributed by atoms with Crippen LogP contribution in [0.5, 0.6) is 0 Å². The quantitative estimate of drug-likeness (QED) is 0.421. The highest BCUT2D eigenvalue weighted by Crippen LogP contribution is 2.58. The van der Waals surface area contributed by atoms with Crippen LogP contribution in [0, 0.1) is 11.8 Å². The molecule has 4 aliphatic heterocycles. The third kappa shape index (κ3) is 4.63. The van der Waals surface area contributed by atoms with E-state index in [4.69, 9.17) is 9.47 Å². The number of aliphatic hydroxyl groups is 1. The molecule has 220 valence electrons. The van der Waals surface area contributed by atoms with Gasteiger partial charge in [0.25, 0.3) is 0 Å². The molecule has 1 aromatic rings. The van der Waals surface area contributed by atoms with E-state index >= 15 is 0 Å². The summed E-state index contributed by atoms with van der Waals surface area (Å²) >= 11 is 0. The number of amides is 2. The second-order valence-electron chi connectivity index (χ2n) is 12.3. The van der Waals surface area contributed by atoms with Gasteiger partial charge in [-0.15, -0.1) is 0 Å². The van der Waals surface area contributed by atoms with Crippen LogP contribution >= 0.6 is 0 Å². The predicted molar refractivity (Wildman–Crippen MR) is 153 cm³/mol. The Morgan fingerprint density at radius 1 is 0.976 bits per heavy atom. The third-order valence-corrected chi connectivity index (χ3v) is 10.0. The molecule has 41 heavy (non-hydrogen) atoms. The van der Waals surface area contributed by atoms with Crippen LogP contribution in [0.25, 0.3) is 0 Å². The number of esters is 1. The number of likely N-dealkylation sites (tertiary alicyclic amines) is 1. The van der Waals surface area contributed by atoms with Crippen LogP contribution < -0.4 is 0 Å². The molecule has 8 nitrogen and oxygen atoms in total. The lowest BCUT2D eigenvalue weighted by molar-refractivity contribution is -0.163. The number of carbonyl (C=O) groups is 3. The van der Waals surface area contributed by atoms with Crippen molar-refractivity contribution >= 4 is 17.8 Å². The molecule has 4 heterocycles. The highest BCUT2D eigenvalue weighted by Gasteiger charge is 2.76. The van der Waals surface area contributed by atoms with Crippen molar-refractivity contribution in [2.45, 2.75) is 94.0 Å². The van der Waals surface area contributed by atoms with Gasteiger partial charge in [-0.3, -0.25) is 14.4 Å². The normalized spacial score (nSPS) is 35.5. The number of aliphatic hydroxyl groups excluding tert-OH is 1. The first kappa shape index (κ1) is 28.2. The Bertz CT molecular complexity index is 1210. The van der Waals surface area contributed by atoms with Crippen LogP contribution in [0.1, 0.15) is 63.9 Å². The van der Waals surface area contributed by atoms with Gasteiger partial charge in [0.1, 0.15) is 23.2 Å². The summed E-state index contributed by atoms with van der Waals surface area (Å²) in [6.45, 7) is 2.36. The number of allylic oxidation sites excluding steroid dienone is 1. The highest BCUT2D eigenvalue weighted by molar-refractivity contribution is 5.99. The highest BCUT2D eigenvalue weighted by atomic mass is 16.6. The number of hydrogen-bond donors (Lipinski definition) is 1. The van der Waals surface area contributed by atoms with E-state index in [9.17, 15) is 19.5 Å². The molecule has 0 radical (unpaired) electrons. The van der Waals surface area contributed by atoms with Crippen molar-refractivity contribution in [3.63, 3.8) is 0 Å². The molecule has 1 unspecified atom stereocenters. The van der Waals surface area contributed by atoms with E-state index in [1.165, 1.54) is 0 Å². The smallest absolute Gasteiger partial charge is 0.313 e. The summed E-state index contributed by atoms with van der Waals surface area (Å²) in [7, 11) is 0. The largest absolute Gasteiger partial charge is 0.465 e. The summed E-state index contributed by atoms with van der Waals surface area (Å²) in [5, 5.41) is 10.7. The van der Waals surface area contributed by atoms with Crippen molar-refractivity contribution in [1.82, 2.24) is 9.80 Å². The van der Waals surface area contributed by atoms with Gasteiger partial charge in [0.05, 0.1) is 25.2 Å². The van der Waals surface area contributed by atoms with Crippen molar-refractivity contribution in [1.29, 1.82) is 0 Å². The van der Waals surface area contributed by atoms with Crippen LogP contribution in [0.15, 0.2) is 54.6 Å². The van der Waals surface area contributed by atoms with Gasteiger partial charge >= 0.3 is 5.97 Å². The molecule has 6 atom stereocenters. The van der Waals surface area contributed by atoms with Crippen molar-refractivity contribution in [2.75, 3.05) is 19.8 Å². The minimum Gasteiger partial charge on any atom is -0.465 e. The summed E-state index contributed by atoms with van der Waals surface area (Å²) in [6, 6.07) is 8.16. The lowest BCUT2D eigenvalue weighted by Crippen LogP contribution is -2.60. The first-order valence-corrected chi connectivity index (χ1v) is 15.5. The Hall–Kier alpha value is -2.97. The van der Waals surface area contributed by atoms with Crippen molar-refractivity contribution in [3.8, 4) is 0 Å². The molecular weight excluding hydrogens is 520 g/mol. The van der Waals surface area contributed by atoms with Crippen LogP contribution in [-0.4, -0.2) is 81.8 Å². The van der Waals surface area contributed by atoms with Crippen LogP contribution in [-0.2, 0) is 30.3 Å². The van der Waals surface area contributed by atoms with Crippen molar-refractivity contribution in [2.24, 2.45) is 11.8 Å². The van der Waals surface area contributed by atoms with E-state index < -0.39 is 41.1 Å². The number of rotatable bonds is 6. The van der Waals surface area contributed by atoms with Gasteiger partial charge in [-0.05, 0) is 44.1 Å². The summed E-state index contributed by atoms with van der Waals surface area (Å²) in [5.41, 5.74) is -1.45. The molecule has 0 bridgehead atoms. The van der Waals surface area contributed by atoms with E-state index in [-0.39, 0.29) is 31.1 Å². The summed E-state index contributed by atoms with van der Waals surface area (Å²) in [5.74, 6) is -2.75. The number of cyclic esters (lactones) is 1. The molecule has 8 heteroatoms. The number of fused-ring (bicyclic) bond motifs is 2. The minimum absolute atomic E-state index is 0.0948. The van der Waals surface area contributed by atoms with Crippen LogP contribution in [0.3, 0.4) is 0 Å². The Morgan fingerprint density at radius 2 is 1.76 bits per heavy atom. The predicted octanol–water partition coefficient (Wildman–Crippen LogP) is 3.58. The zero-order valence-corrected chi connectivity index (χ0v) is 24.0. The standard InChI is InChI=1S/C33H42N2O6/c1-2-32-17-10-5-11-20-40-31(39)27(32)26-29(37)35(25(22-36)21-23-13-6-3-7-14-23)28-30(38)34(24-15-8-4-9-16-24)19-12-18-33(26,28)41-32/h3,6-7,10,12-14,17-18,24-28,36H,2,4-5,8-9,11,15-16,19-22H2,1H3/b17-10-/t25-,26+,27-,28?,32+,33+/m1/s1. The fourth-order valence-electron chi connectivity index (χ4n) is 8.08.